The first-order chi connectivity index (χ1) is 7.74. The number of furan rings is 1. The molecular weight excluding hydrogens is 253 g/mol. The lowest BCUT2D eigenvalue weighted by atomic mass is 10.4. The molecule has 0 saturated heterocycles. The van der Waals surface area contributed by atoms with E-state index in [4.69, 9.17) is 32.4 Å². The number of alkyl halides is 1. The standard InChI is InChI=1S/C10H13Cl2NO3/c11-4-7-15-6-1-5-13-10(14)8-2-3-9(12)16-8/h2-3H,1,4-7H2,(H,13,14). The summed E-state index contributed by atoms with van der Waals surface area (Å²) < 4.78 is 10.1. The summed E-state index contributed by atoms with van der Waals surface area (Å²) in [5, 5.41) is 2.89. The van der Waals surface area contributed by atoms with E-state index >= 15 is 0 Å². The molecule has 0 atom stereocenters. The second-order valence-electron chi connectivity index (χ2n) is 3.01. The molecule has 0 aliphatic rings. The first-order valence-corrected chi connectivity index (χ1v) is 5.82. The van der Waals surface area contributed by atoms with E-state index in [0.717, 1.165) is 6.42 Å². The van der Waals surface area contributed by atoms with Gasteiger partial charge < -0.3 is 14.5 Å². The monoisotopic (exact) mass is 265 g/mol. The maximum absolute atomic E-state index is 11.4. The van der Waals surface area contributed by atoms with Crippen molar-refractivity contribution in [2.24, 2.45) is 0 Å². The largest absolute Gasteiger partial charge is 0.440 e. The zero-order chi connectivity index (χ0) is 11.8. The van der Waals surface area contributed by atoms with Crippen molar-refractivity contribution in [2.45, 2.75) is 6.42 Å². The van der Waals surface area contributed by atoms with Gasteiger partial charge in [-0.1, -0.05) is 0 Å². The minimum atomic E-state index is -0.274. The van der Waals surface area contributed by atoms with Gasteiger partial charge in [0.05, 0.1) is 6.61 Å². The lowest BCUT2D eigenvalue weighted by Crippen LogP contribution is -2.24. The van der Waals surface area contributed by atoms with Crippen LogP contribution in [0.5, 0.6) is 0 Å². The molecular formula is C10H13Cl2NO3. The van der Waals surface area contributed by atoms with Crippen LogP contribution in [-0.2, 0) is 4.74 Å². The molecule has 1 rings (SSSR count). The number of carbonyl (C=O) groups excluding carboxylic acids is 1. The van der Waals surface area contributed by atoms with Crippen LogP contribution in [0.4, 0.5) is 0 Å². The van der Waals surface area contributed by atoms with Gasteiger partial charge in [-0.2, -0.15) is 0 Å². The van der Waals surface area contributed by atoms with Crippen LogP contribution in [0.2, 0.25) is 5.22 Å². The van der Waals surface area contributed by atoms with Crippen LogP contribution in [0.1, 0.15) is 17.0 Å². The van der Waals surface area contributed by atoms with E-state index in [1.807, 2.05) is 0 Å². The number of carbonyl (C=O) groups is 1. The Morgan fingerprint density at radius 1 is 1.44 bits per heavy atom. The van der Waals surface area contributed by atoms with Gasteiger partial charge in [0.1, 0.15) is 0 Å². The molecule has 90 valence electrons. The molecule has 0 bridgehead atoms. The highest BCUT2D eigenvalue weighted by Crippen LogP contribution is 2.12. The molecule has 0 radical (unpaired) electrons. The fraction of sp³-hybridized carbons (Fsp3) is 0.500. The van der Waals surface area contributed by atoms with Gasteiger partial charge in [-0.15, -0.1) is 11.6 Å². The molecule has 4 nitrogen and oxygen atoms in total. The molecule has 1 aromatic heterocycles. The Labute approximate surface area is 104 Å². The number of hydrogen-bond donors (Lipinski definition) is 1. The SMILES string of the molecule is O=C(NCCCOCCCl)c1ccc(Cl)o1. The second kappa shape index (κ2) is 7.54. The first-order valence-electron chi connectivity index (χ1n) is 4.91. The van der Waals surface area contributed by atoms with E-state index in [1.165, 1.54) is 12.1 Å². The molecule has 16 heavy (non-hydrogen) atoms. The number of halogens is 2. The van der Waals surface area contributed by atoms with E-state index in [-0.39, 0.29) is 16.9 Å². The molecule has 1 heterocycles. The Kier molecular flexibility index (Phi) is 6.30. The van der Waals surface area contributed by atoms with E-state index in [1.54, 1.807) is 0 Å². The highest BCUT2D eigenvalue weighted by atomic mass is 35.5. The summed E-state index contributed by atoms with van der Waals surface area (Å²) in [7, 11) is 0. The lowest BCUT2D eigenvalue weighted by Gasteiger charge is -2.03. The Morgan fingerprint density at radius 2 is 2.25 bits per heavy atom. The molecule has 0 aliphatic heterocycles. The Morgan fingerprint density at radius 3 is 2.88 bits per heavy atom. The Hall–Kier alpha value is -0.710. The third-order valence-electron chi connectivity index (χ3n) is 1.77. The third-order valence-corrected chi connectivity index (χ3v) is 2.13. The normalized spacial score (nSPS) is 10.4. The molecule has 1 aromatic rings. The summed E-state index contributed by atoms with van der Waals surface area (Å²) >= 11 is 11.0. The first kappa shape index (κ1) is 13.4. The van der Waals surface area contributed by atoms with Gasteiger partial charge in [-0.25, -0.2) is 0 Å². The summed E-state index contributed by atoms with van der Waals surface area (Å²) in [5.74, 6) is 0.424. The molecule has 0 aromatic carbocycles. The number of amides is 1. The van der Waals surface area contributed by atoms with E-state index < -0.39 is 0 Å². The number of rotatable bonds is 7. The average molecular weight is 266 g/mol. The molecule has 6 heteroatoms. The van der Waals surface area contributed by atoms with Crippen molar-refractivity contribution in [3.05, 3.63) is 23.1 Å². The minimum Gasteiger partial charge on any atom is -0.440 e. The van der Waals surface area contributed by atoms with Crippen LogP contribution in [0.15, 0.2) is 16.5 Å². The number of ether oxygens (including phenoxy) is 1. The van der Waals surface area contributed by atoms with Crippen LogP contribution in [0.3, 0.4) is 0 Å². The number of nitrogens with one attached hydrogen (secondary N) is 1. The predicted molar refractivity (Wildman–Crippen MR) is 62.2 cm³/mol. The third kappa shape index (κ3) is 4.88. The van der Waals surface area contributed by atoms with Gasteiger partial charge in [0.25, 0.3) is 5.91 Å². The summed E-state index contributed by atoms with van der Waals surface area (Å²) in [6, 6.07) is 3.06. The summed E-state index contributed by atoms with van der Waals surface area (Å²) in [6.07, 6.45) is 0.733. The zero-order valence-electron chi connectivity index (χ0n) is 8.67. The number of hydrogen-bond acceptors (Lipinski definition) is 3. The summed E-state index contributed by atoms with van der Waals surface area (Å²) in [4.78, 5) is 11.4. The Balaban J connectivity index is 2.11. The van der Waals surface area contributed by atoms with Crippen molar-refractivity contribution >= 4 is 29.1 Å². The average Bonchev–Trinajstić information content (AvgIpc) is 2.70. The smallest absolute Gasteiger partial charge is 0.287 e. The highest BCUT2D eigenvalue weighted by molar-refractivity contribution is 6.29. The lowest BCUT2D eigenvalue weighted by molar-refractivity contribution is 0.0917. The highest BCUT2D eigenvalue weighted by Gasteiger charge is 2.08. The Bertz CT molecular complexity index is 328. The summed E-state index contributed by atoms with van der Waals surface area (Å²) in [6.45, 7) is 1.63. The van der Waals surface area contributed by atoms with Gasteiger partial charge in [-0.05, 0) is 30.2 Å². The van der Waals surface area contributed by atoms with Crippen molar-refractivity contribution in [3.63, 3.8) is 0 Å². The van der Waals surface area contributed by atoms with E-state index in [2.05, 4.69) is 5.32 Å². The fourth-order valence-corrected chi connectivity index (χ4v) is 1.31. The predicted octanol–water partition coefficient (Wildman–Crippen LogP) is 2.31. The van der Waals surface area contributed by atoms with Crippen molar-refractivity contribution in [2.75, 3.05) is 25.6 Å². The van der Waals surface area contributed by atoms with Gasteiger partial charge in [-0.3, -0.25) is 4.79 Å². The van der Waals surface area contributed by atoms with E-state index in [0.29, 0.717) is 25.6 Å². The molecule has 0 unspecified atom stereocenters. The second-order valence-corrected chi connectivity index (χ2v) is 3.77. The van der Waals surface area contributed by atoms with Crippen molar-refractivity contribution in [3.8, 4) is 0 Å². The molecule has 1 N–H and O–H groups in total. The fourth-order valence-electron chi connectivity index (χ4n) is 1.06. The zero-order valence-corrected chi connectivity index (χ0v) is 10.2. The van der Waals surface area contributed by atoms with Gasteiger partial charge in [0.15, 0.2) is 11.0 Å². The topological polar surface area (TPSA) is 51.5 Å². The van der Waals surface area contributed by atoms with Crippen LogP contribution in [0, 0.1) is 0 Å². The quantitative estimate of drug-likeness (QED) is 0.608. The molecule has 0 saturated carbocycles. The van der Waals surface area contributed by atoms with Gasteiger partial charge in [0, 0.05) is 19.0 Å². The van der Waals surface area contributed by atoms with Gasteiger partial charge in [0.2, 0.25) is 0 Å². The van der Waals surface area contributed by atoms with Crippen LogP contribution >= 0.6 is 23.2 Å². The van der Waals surface area contributed by atoms with Crippen molar-refractivity contribution < 1.29 is 13.9 Å². The molecule has 0 aliphatic carbocycles. The molecule has 1 amide bonds. The van der Waals surface area contributed by atoms with E-state index in [9.17, 15) is 4.79 Å². The van der Waals surface area contributed by atoms with Crippen LogP contribution in [0.25, 0.3) is 0 Å². The van der Waals surface area contributed by atoms with Gasteiger partial charge >= 0.3 is 0 Å². The van der Waals surface area contributed by atoms with Crippen LogP contribution in [-0.4, -0.2) is 31.5 Å². The molecule has 0 fully saturated rings. The summed E-state index contributed by atoms with van der Waals surface area (Å²) in [5.41, 5.74) is 0. The van der Waals surface area contributed by atoms with Crippen molar-refractivity contribution in [1.82, 2.24) is 5.32 Å². The maximum atomic E-state index is 11.4. The van der Waals surface area contributed by atoms with Crippen LogP contribution < -0.4 is 5.32 Å². The maximum Gasteiger partial charge on any atom is 0.287 e. The van der Waals surface area contributed by atoms with Crippen molar-refractivity contribution in [1.29, 1.82) is 0 Å². The minimum absolute atomic E-state index is 0.204. The molecule has 0 spiro atoms.